The Balaban J connectivity index is 1.89. The number of rotatable bonds is 5. The first-order valence-corrected chi connectivity index (χ1v) is 7.54. The number of nitrogens with zero attached hydrogens (tertiary/aromatic N) is 3. The summed E-state index contributed by atoms with van der Waals surface area (Å²) in [5, 5.41) is 11.5. The molecule has 8 nitrogen and oxygen atoms in total. The van der Waals surface area contributed by atoms with Crippen LogP contribution in [0.5, 0.6) is 11.6 Å². The molecule has 0 spiro atoms. The fraction of sp³-hybridized carbons (Fsp3) is 0.176. The molecule has 0 unspecified atom stereocenters. The van der Waals surface area contributed by atoms with Gasteiger partial charge in [-0.3, -0.25) is 10.1 Å². The summed E-state index contributed by atoms with van der Waals surface area (Å²) in [6, 6.07) is 9.82. The number of hydrogen-bond acceptors (Lipinski definition) is 6. The second-order valence-corrected chi connectivity index (χ2v) is 5.24. The van der Waals surface area contributed by atoms with Crippen LogP contribution in [-0.4, -0.2) is 27.1 Å². The monoisotopic (exact) mass is 341 g/mol. The Hall–Kier alpha value is -3.42. The van der Waals surface area contributed by atoms with E-state index in [1.54, 1.807) is 36.7 Å². The highest BCUT2D eigenvalue weighted by atomic mass is 16.6. The van der Waals surface area contributed by atoms with E-state index in [2.05, 4.69) is 4.98 Å². The lowest BCUT2D eigenvalue weighted by Crippen LogP contribution is -2.09. The van der Waals surface area contributed by atoms with E-state index in [-0.39, 0.29) is 17.5 Å². The van der Waals surface area contributed by atoms with Crippen molar-refractivity contribution >= 4 is 22.6 Å². The van der Waals surface area contributed by atoms with Crippen LogP contribution in [0.3, 0.4) is 0 Å². The Bertz CT molecular complexity index is 947. The minimum absolute atomic E-state index is 0.107. The Morgan fingerprint density at radius 2 is 2.08 bits per heavy atom. The summed E-state index contributed by atoms with van der Waals surface area (Å²) < 4.78 is 12.4. The van der Waals surface area contributed by atoms with Crippen molar-refractivity contribution in [2.75, 3.05) is 6.61 Å². The third-order valence-electron chi connectivity index (χ3n) is 3.66. The molecule has 128 valence electrons. The minimum Gasteiger partial charge on any atom is -0.461 e. The molecule has 0 amide bonds. The fourth-order valence-corrected chi connectivity index (χ4v) is 2.44. The zero-order chi connectivity index (χ0) is 18.0. The molecule has 0 aliphatic rings. The second-order valence-electron chi connectivity index (χ2n) is 5.24. The average molecular weight is 341 g/mol. The molecule has 0 radical (unpaired) electrons. The van der Waals surface area contributed by atoms with Gasteiger partial charge in [0, 0.05) is 30.6 Å². The van der Waals surface area contributed by atoms with Crippen LogP contribution in [0.25, 0.3) is 10.9 Å². The van der Waals surface area contributed by atoms with Gasteiger partial charge in [0.1, 0.15) is 17.6 Å². The van der Waals surface area contributed by atoms with E-state index in [4.69, 9.17) is 9.47 Å². The van der Waals surface area contributed by atoms with Crippen LogP contribution in [0, 0.1) is 10.1 Å². The van der Waals surface area contributed by atoms with Crippen molar-refractivity contribution in [1.82, 2.24) is 9.55 Å². The first-order chi connectivity index (χ1) is 12.0. The number of hydrogen-bond donors (Lipinski definition) is 0. The number of fused-ring (bicyclic) bond motifs is 1. The number of aromatic nitrogens is 2. The Labute approximate surface area is 142 Å². The van der Waals surface area contributed by atoms with Crippen molar-refractivity contribution in [3.63, 3.8) is 0 Å². The number of benzene rings is 1. The van der Waals surface area contributed by atoms with Crippen LogP contribution in [0.15, 0.2) is 42.6 Å². The number of nitro groups is 1. The molecule has 1 aromatic carbocycles. The Morgan fingerprint density at radius 3 is 2.72 bits per heavy atom. The van der Waals surface area contributed by atoms with Gasteiger partial charge in [-0.1, -0.05) is 0 Å². The average Bonchev–Trinajstić information content (AvgIpc) is 2.92. The first kappa shape index (κ1) is 16.4. The van der Waals surface area contributed by atoms with Gasteiger partial charge >= 0.3 is 5.97 Å². The predicted molar refractivity (Wildman–Crippen MR) is 89.8 cm³/mol. The number of ether oxygens (including phenoxy) is 2. The quantitative estimate of drug-likeness (QED) is 0.400. The molecule has 0 N–H and O–H groups in total. The molecule has 8 heteroatoms. The summed E-state index contributed by atoms with van der Waals surface area (Å²) in [6.07, 6.45) is 1.13. The highest BCUT2D eigenvalue weighted by molar-refractivity contribution is 5.96. The van der Waals surface area contributed by atoms with Crippen molar-refractivity contribution in [3.8, 4) is 11.6 Å². The maximum atomic E-state index is 12.0. The summed E-state index contributed by atoms with van der Waals surface area (Å²) in [4.78, 5) is 26.0. The van der Waals surface area contributed by atoms with E-state index < -0.39 is 4.92 Å². The molecule has 3 rings (SSSR count). The standard InChI is InChI=1S/C17H15N3O5/c1-3-24-17(21)15-8-11-4-6-13(9-14(11)19(15)2)25-16-7-5-12(10-18-16)20(22)23/h4-10H,3H2,1-2H3. The molecule has 2 aromatic heterocycles. The topological polar surface area (TPSA) is 96.5 Å². The van der Waals surface area contributed by atoms with Gasteiger partial charge in [-0.25, -0.2) is 9.78 Å². The Kier molecular flexibility index (Phi) is 4.34. The number of carbonyl (C=O) groups is 1. The smallest absolute Gasteiger partial charge is 0.354 e. The third kappa shape index (κ3) is 3.27. The van der Waals surface area contributed by atoms with Crippen LogP contribution < -0.4 is 4.74 Å². The molecule has 0 aliphatic heterocycles. The summed E-state index contributed by atoms with van der Waals surface area (Å²) in [5.41, 5.74) is 1.13. The van der Waals surface area contributed by atoms with E-state index in [9.17, 15) is 14.9 Å². The number of aryl methyl sites for hydroxylation is 1. The zero-order valence-corrected chi connectivity index (χ0v) is 13.6. The van der Waals surface area contributed by atoms with E-state index in [0.717, 1.165) is 17.1 Å². The molecular weight excluding hydrogens is 326 g/mol. The van der Waals surface area contributed by atoms with Gasteiger partial charge < -0.3 is 14.0 Å². The van der Waals surface area contributed by atoms with Crippen molar-refractivity contribution in [2.24, 2.45) is 7.05 Å². The third-order valence-corrected chi connectivity index (χ3v) is 3.66. The molecule has 25 heavy (non-hydrogen) atoms. The van der Waals surface area contributed by atoms with Gasteiger partial charge in [0.15, 0.2) is 0 Å². The van der Waals surface area contributed by atoms with Gasteiger partial charge in [0.2, 0.25) is 5.88 Å². The van der Waals surface area contributed by atoms with Crippen molar-refractivity contribution in [2.45, 2.75) is 6.92 Å². The van der Waals surface area contributed by atoms with Crippen LogP contribution in [0.1, 0.15) is 17.4 Å². The first-order valence-electron chi connectivity index (χ1n) is 7.54. The predicted octanol–water partition coefficient (Wildman–Crippen LogP) is 3.45. The second kappa shape index (κ2) is 6.60. The molecular formula is C17H15N3O5. The molecule has 0 bridgehead atoms. The number of carbonyl (C=O) groups excluding carboxylic acids is 1. The van der Waals surface area contributed by atoms with Crippen LogP contribution >= 0.6 is 0 Å². The van der Waals surface area contributed by atoms with E-state index in [1.165, 1.54) is 12.1 Å². The minimum atomic E-state index is -0.524. The van der Waals surface area contributed by atoms with Crippen molar-refractivity contribution in [3.05, 3.63) is 58.4 Å². The van der Waals surface area contributed by atoms with Gasteiger partial charge in [-0.15, -0.1) is 0 Å². The zero-order valence-electron chi connectivity index (χ0n) is 13.6. The maximum Gasteiger partial charge on any atom is 0.354 e. The lowest BCUT2D eigenvalue weighted by Gasteiger charge is -2.06. The van der Waals surface area contributed by atoms with Gasteiger partial charge in [-0.2, -0.15) is 0 Å². The number of pyridine rings is 1. The highest BCUT2D eigenvalue weighted by Gasteiger charge is 2.15. The SMILES string of the molecule is CCOC(=O)c1cc2ccc(Oc3ccc([N+](=O)[O-])cn3)cc2n1C. The fourth-order valence-electron chi connectivity index (χ4n) is 2.44. The normalized spacial score (nSPS) is 10.6. The molecule has 2 heterocycles. The summed E-state index contributed by atoms with van der Waals surface area (Å²) in [5.74, 6) is 0.357. The van der Waals surface area contributed by atoms with Crippen LogP contribution in [-0.2, 0) is 11.8 Å². The summed E-state index contributed by atoms with van der Waals surface area (Å²) in [6.45, 7) is 2.06. The summed E-state index contributed by atoms with van der Waals surface area (Å²) >= 11 is 0. The lowest BCUT2D eigenvalue weighted by atomic mass is 10.2. The van der Waals surface area contributed by atoms with Gasteiger partial charge in [0.05, 0.1) is 17.0 Å². The van der Waals surface area contributed by atoms with Crippen molar-refractivity contribution in [1.29, 1.82) is 0 Å². The van der Waals surface area contributed by atoms with Crippen LogP contribution in [0.2, 0.25) is 0 Å². The van der Waals surface area contributed by atoms with E-state index in [0.29, 0.717) is 18.1 Å². The summed E-state index contributed by atoms with van der Waals surface area (Å²) in [7, 11) is 1.77. The lowest BCUT2D eigenvalue weighted by molar-refractivity contribution is -0.385. The maximum absolute atomic E-state index is 12.0. The Morgan fingerprint density at radius 1 is 1.28 bits per heavy atom. The number of esters is 1. The van der Waals surface area contributed by atoms with Crippen molar-refractivity contribution < 1.29 is 19.2 Å². The molecule has 0 saturated carbocycles. The molecule has 0 aliphatic carbocycles. The van der Waals surface area contributed by atoms with E-state index in [1.807, 2.05) is 6.07 Å². The highest BCUT2D eigenvalue weighted by Crippen LogP contribution is 2.27. The van der Waals surface area contributed by atoms with Gasteiger partial charge in [0.25, 0.3) is 5.69 Å². The largest absolute Gasteiger partial charge is 0.461 e. The molecule has 0 atom stereocenters. The molecule has 3 aromatic rings. The van der Waals surface area contributed by atoms with E-state index >= 15 is 0 Å². The van der Waals surface area contributed by atoms with Gasteiger partial charge in [-0.05, 0) is 25.1 Å². The van der Waals surface area contributed by atoms with Crippen LogP contribution in [0.4, 0.5) is 5.69 Å². The molecule has 0 saturated heterocycles. The molecule has 0 fully saturated rings.